The number of amides is 1. The molecule has 1 aromatic rings. The van der Waals surface area contributed by atoms with E-state index in [1.54, 1.807) is 13.0 Å². The molecule has 0 spiro atoms. The van der Waals surface area contributed by atoms with E-state index in [1.807, 2.05) is 4.90 Å². The van der Waals surface area contributed by atoms with Gasteiger partial charge in [-0.15, -0.1) is 0 Å². The monoisotopic (exact) mass is 297 g/mol. The minimum absolute atomic E-state index is 0.0285. The first-order valence-electron chi connectivity index (χ1n) is 6.92. The van der Waals surface area contributed by atoms with Crippen LogP contribution >= 0.6 is 11.6 Å². The van der Waals surface area contributed by atoms with Crippen LogP contribution in [0.25, 0.3) is 0 Å². The minimum Gasteiger partial charge on any atom is -0.508 e. The fourth-order valence-corrected chi connectivity index (χ4v) is 2.99. The van der Waals surface area contributed by atoms with Crippen LogP contribution in [0.4, 0.5) is 0 Å². The second kappa shape index (κ2) is 6.46. The molecule has 1 amide bonds. The van der Waals surface area contributed by atoms with Gasteiger partial charge in [-0.2, -0.15) is 0 Å². The fraction of sp³-hybridized carbons (Fsp3) is 0.533. The van der Waals surface area contributed by atoms with Gasteiger partial charge < -0.3 is 15.1 Å². The normalized spacial score (nSPS) is 20.1. The summed E-state index contributed by atoms with van der Waals surface area (Å²) in [4.78, 5) is 14.2. The molecule has 1 aliphatic rings. The predicted octanol–water partition coefficient (Wildman–Crippen LogP) is 2.35. The van der Waals surface area contributed by atoms with E-state index in [-0.39, 0.29) is 24.1 Å². The summed E-state index contributed by atoms with van der Waals surface area (Å²) in [5, 5.41) is 19.2. The van der Waals surface area contributed by atoms with Gasteiger partial charge in [0.25, 0.3) is 0 Å². The number of hydrogen-bond donors (Lipinski definition) is 2. The molecule has 1 saturated heterocycles. The van der Waals surface area contributed by atoms with Crippen molar-refractivity contribution >= 4 is 17.5 Å². The van der Waals surface area contributed by atoms with Crippen molar-refractivity contribution in [1.29, 1.82) is 0 Å². The Kier molecular flexibility index (Phi) is 4.89. The van der Waals surface area contributed by atoms with Crippen molar-refractivity contribution in [2.24, 2.45) is 0 Å². The zero-order chi connectivity index (χ0) is 14.7. The summed E-state index contributed by atoms with van der Waals surface area (Å²) in [6.45, 7) is 2.49. The topological polar surface area (TPSA) is 60.8 Å². The molecule has 110 valence electrons. The van der Waals surface area contributed by atoms with Gasteiger partial charge in [-0.3, -0.25) is 4.79 Å². The smallest absolute Gasteiger partial charge is 0.227 e. The number of benzene rings is 1. The molecule has 0 radical (unpaired) electrons. The third-order valence-corrected chi connectivity index (χ3v) is 4.04. The van der Waals surface area contributed by atoms with Gasteiger partial charge in [0.2, 0.25) is 5.91 Å². The summed E-state index contributed by atoms with van der Waals surface area (Å²) >= 11 is 6.03. The molecular formula is C15H20ClNO3. The molecule has 1 aromatic carbocycles. The van der Waals surface area contributed by atoms with Crippen molar-refractivity contribution in [3.8, 4) is 5.75 Å². The molecule has 2 rings (SSSR count). The quantitative estimate of drug-likeness (QED) is 0.897. The first-order valence-corrected chi connectivity index (χ1v) is 7.30. The summed E-state index contributed by atoms with van der Waals surface area (Å²) in [6, 6.07) is 4.78. The molecule has 0 saturated carbocycles. The van der Waals surface area contributed by atoms with E-state index in [9.17, 15) is 15.0 Å². The molecule has 0 aliphatic carbocycles. The van der Waals surface area contributed by atoms with E-state index in [1.165, 1.54) is 12.1 Å². The van der Waals surface area contributed by atoms with Crippen LogP contribution in [0.5, 0.6) is 5.75 Å². The first-order chi connectivity index (χ1) is 9.47. The van der Waals surface area contributed by atoms with Gasteiger partial charge in [0, 0.05) is 17.6 Å². The number of phenols is 1. The van der Waals surface area contributed by atoms with Gasteiger partial charge in [0.05, 0.1) is 12.5 Å². The highest BCUT2D eigenvalue weighted by molar-refractivity contribution is 6.31. The largest absolute Gasteiger partial charge is 0.508 e. The molecule has 0 aromatic heterocycles. The number of phenolic OH excluding ortho intramolecular Hbond substituents is 1. The van der Waals surface area contributed by atoms with Crippen LogP contribution in [0.3, 0.4) is 0 Å². The summed E-state index contributed by atoms with van der Waals surface area (Å²) in [7, 11) is 0. The Morgan fingerprint density at radius 3 is 2.95 bits per heavy atom. The van der Waals surface area contributed by atoms with Crippen molar-refractivity contribution in [2.75, 3.05) is 6.54 Å². The molecule has 4 nitrogen and oxygen atoms in total. The van der Waals surface area contributed by atoms with Crippen molar-refractivity contribution in [3.05, 3.63) is 28.8 Å². The lowest BCUT2D eigenvalue weighted by Crippen LogP contribution is -2.38. The summed E-state index contributed by atoms with van der Waals surface area (Å²) in [6.07, 6.45) is 2.38. The van der Waals surface area contributed by atoms with E-state index in [0.29, 0.717) is 11.4 Å². The molecule has 1 heterocycles. The molecule has 20 heavy (non-hydrogen) atoms. The number of carbonyl (C=O) groups excluding carboxylic acids is 1. The number of likely N-dealkylation sites (tertiary alicyclic amines) is 1. The van der Waals surface area contributed by atoms with Gasteiger partial charge in [-0.1, -0.05) is 17.7 Å². The SMILES string of the molecule is C[C@@H](O)C[C@H]1CCCN1C(=O)Cc1ccc(O)cc1Cl. The Balaban J connectivity index is 2.03. The third kappa shape index (κ3) is 3.64. The van der Waals surface area contributed by atoms with Gasteiger partial charge in [0.1, 0.15) is 5.75 Å². The fourth-order valence-electron chi connectivity index (χ4n) is 2.75. The van der Waals surface area contributed by atoms with E-state index >= 15 is 0 Å². The molecule has 0 unspecified atom stereocenters. The second-order valence-corrected chi connectivity index (χ2v) is 5.83. The van der Waals surface area contributed by atoms with Crippen LogP contribution in [0.2, 0.25) is 5.02 Å². The lowest BCUT2D eigenvalue weighted by atomic mass is 10.1. The molecule has 2 N–H and O–H groups in total. The molecule has 2 atom stereocenters. The lowest BCUT2D eigenvalue weighted by Gasteiger charge is -2.26. The van der Waals surface area contributed by atoms with Gasteiger partial charge in [-0.25, -0.2) is 0 Å². The third-order valence-electron chi connectivity index (χ3n) is 3.69. The van der Waals surface area contributed by atoms with Crippen LogP contribution < -0.4 is 0 Å². The van der Waals surface area contributed by atoms with Crippen LogP contribution in [-0.4, -0.2) is 39.7 Å². The maximum atomic E-state index is 12.4. The summed E-state index contributed by atoms with van der Waals surface area (Å²) in [5.74, 6) is 0.125. The van der Waals surface area contributed by atoms with Crippen molar-refractivity contribution < 1.29 is 15.0 Å². The highest BCUT2D eigenvalue weighted by Gasteiger charge is 2.29. The summed E-state index contributed by atoms with van der Waals surface area (Å²) in [5.41, 5.74) is 0.720. The standard InChI is InChI=1S/C15H20ClNO3/c1-10(18)7-12-3-2-6-17(12)15(20)8-11-4-5-13(19)9-14(11)16/h4-5,9-10,12,18-19H,2-3,6-8H2,1H3/t10-,12-/m1/s1. The molecule has 1 fully saturated rings. The van der Waals surface area contributed by atoms with E-state index in [2.05, 4.69) is 0 Å². The van der Waals surface area contributed by atoms with E-state index < -0.39 is 6.10 Å². The van der Waals surface area contributed by atoms with Gasteiger partial charge in [-0.05, 0) is 43.9 Å². The van der Waals surface area contributed by atoms with Crippen LogP contribution in [0.15, 0.2) is 18.2 Å². The number of aliphatic hydroxyl groups is 1. The van der Waals surface area contributed by atoms with Crippen molar-refractivity contribution in [1.82, 2.24) is 4.90 Å². The number of rotatable bonds is 4. The average Bonchev–Trinajstić information content (AvgIpc) is 2.80. The van der Waals surface area contributed by atoms with Crippen molar-refractivity contribution in [2.45, 2.75) is 44.8 Å². The minimum atomic E-state index is -0.398. The van der Waals surface area contributed by atoms with Crippen LogP contribution in [-0.2, 0) is 11.2 Å². The maximum absolute atomic E-state index is 12.4. The van der Waals surface area contributed by atoms with E-state index in [0.717, 1.165) is 24.9 Å². The number of halogens is 1. The Bertz CT molecular complexity index is 490. The van der Waals surface area contributed by atoms with Gasteiger partial charge >= 0.3 is 0 Å². The number of hydrogen-bond acceptors (Lipinski definition) is 3. The number of carbonyl (C=O) groups is 1. The predicted molar refractivity (Wildman–Crippen MR) is 77.9 cm³/mol. The first kappa shape index (κ1) is 15.1. The maximum Gasteiger partial charge on any atom is 0.227 e. The zero-order valence-corrected chi connectivity index (χ0v) is 12.3. The van der Waals surface area contributed by atoms with Gasteiger partial charge in [0.15, 0.2) is 0 Å². The van der Waals surface area contributed by atoms with E-state index in [4.69, 9.17) is 11.6 Å². The highest BCUT2D eigenvalue weighted by atomic mass is 35.5. The molecule has 1 aliphatic heterocycles. The number of nitrogens with zero attached hydrogens (tertiary/aromatic N) is 1. The second-order valence-electron chi connectivity index (χ2n) is 5.42. The number of aliphatic hydroxyl groups excluding tert-OH is 1. The van der Waals surface area contributed by atoms with Crippen LogP contribution in [0.1, 0.15) is 31.7 Å². The lowest BCUT2D eigenvalue weighted by molar-refractivity contribution is -0.131. The van der Waals surface area contributed by atoms with Crippen LogP contribution in [0, 0.1) is 0 Å². The van der Waals surface area contributed by atoms with Crippen molar-refractivity contribution in [3.63, 3.8) is 0 Å². The zero-order valence-electron chi connectivity index (χ0n) is 11.6. The Hall–Kier alpha value is -1.26. The molecule has 0 bridgehead atoms. The number of aromatic hydroxyl groups is 1. The Morgan fingerprint density at radius 2 is 2.30 bits per heavy atom. The summed E-state index contributed by atoms with van der Waals surface area (Å²) < 4.78 is 0. The Morgan fingerprint density at radius 1 is 1.55 bits per heavy atom. The molecular weight excluding hydrogens is 278 g/mol. The average molecular weight is 298 g/mol. The Labute approximate surface area is 124 Å². The molecule has 5 heteroatoms. The highest BCUT2D eigenvalue weighted by Crippen LogP contribution is 2.25.